The van der Waals surface area contributed by atoms with Crippen LogP contribution in [0.5, 0.6) is 0 Å². The van der Waals surface area contributed by atoms with Gasteiger partial charge in [0.1, 0.15) is 0 Å². The van der Waals surface area contributed by atoms with E-state index < -0.39 is 0 Å². The largest absolute Gasteiger partial charge is 0.309 e. The highest BCUT2D eigenvalue weighted by atomic mass is 32.1. The average molecular weight is 660 g/mol. The first-order valence-corrected chi connectivity index (χ1v) is 18.2. The minimum atomic E-state index is 1.15. The smallest absolute Gasteiger partial charge is 0.0555 e. The number of rotatable bonds is 5. The zero-order valence-corrected chi connectivity index (χ0v) is 28.1. The SMILES string of the molecule is c1cc(-c2ccccc2N(c2ccc3sc4ccccc4c3c2)c2cccc3sc4ccccc4c23)cc(-c2cccc3ccccc23)c1. The molecule has 0 N–H and O–H groups in total. The van der Waals surface area contributed by atoms with Crippen LogP contribution in [-0.4, -0.2) is 0 Å². The van der Waals surface area contributed by atoms with Gasteiger partial charge >= 0.3 is 0 Å². The second-order valence-electron chi connectivity index (χ2n) is 12.5. The van der Waals surface area contributed by atoms with Crippen LogP contribution in [0.3, 0.4) is 0 Å². The lowest BCUT2D eigenvalue weighted by molar-refractivity contribution is 1.31. The van der Waals surface area contributed by atoms with Gasteiger partial charge in [0.25, 0.3) is 0 Å². The number of hydrogen-bond donors (Lipinski definition) is 0. The summed E-state index contributed by atoms with van der Waals surface area (Å²) in [7, 11) is 0. The normalized spacial score (nSPS) is 11.7. The first kappa shape index (κ1) is 28.3. The van der Waals surface area contributed by atoms with E-state index in [1.165, 1.54) is 79.1 Å². The molecule has 0 radical (unpaired) electrons. The molecule has 2 heterocycles. The lowest BCUT2D eigenvalue weighted by Crippen LogP contribution is -2.11. The van der Waals surface area contributed by atoms with Gasteiger partial charge in [-0.05, 0) is 82.1 Å². The standard InChI is InChI=1S/C46H29NS2/c1-2-16-34-30(12-1)13-10-20-35(34)31-14-9-15-32(28-31)36-17-3-6-21-40(36)47(33-26-27-44-39(29-33)37-18-4-7-23-42(37)48-44)41-22-11-25-45-46(41)38-19-5-8-24-43(38)49-45/h1-29H. The molecular weight excluding hydrogens is 631 g/mol. The van der Waals surface area contributed by atoms with Gasteiger partial charge in [0, 0.05) is 51.6 Å². The molecule has 0 saturated carbocycles. The Hall–Kier alpha value is -5.74. The molecule has 230 valence electrons. The molecule has 2 aromatic heterocycles. The van der Waals surface area contributed by atoms with Gasteiger partial charge in [0.15, 0.2) is 0 Å². The molecule has 0 bridgehead atoms. The second-order valence-corrected chi connectivity index (χ2v) is 14.7. The maximum absolute atomic E-state index is 2.49. The number of benzene rings is 8. The first-order valence-electron chi connectivity index (χ1n) is 16.6. The van der Waals surface area contributed by atoms with Crippen molar-refractivity contribution >= 4 is 90.9 Å². The van der Waals surface area contributed by atoms with Crippen LogP contribution in [0.25, 0.3) is 73.4 Å². The quantitative estimate of drug-likeness (QED) is 0.178. The van der Waals surface area contributed by atoms with Gasteiger partial charge in [-0.2, -0.15) is 0 Å². The van der Waals surface area contributed by atoms with Crippen molar-refractivity contribution in [2.75, 3.05) is 4.90 Å². The van der Waals surface area contributed by atoms with Crippen LogP contribution < -0.4 is 4.90 Å². The molecule has 0 spiro atoms. The summed E-state index contributed by atoms with van der Waals surface area (Å²) >= 11 is 3.73. The molecule has 0 amide bonds. The molecular formula is C46H29NS2. The van der Waals surface area contributed by atoms with Gasteiger partial charge < -0.3 is 4.90 Å². The van der Waals surface area contributed by atoms with E-state index in [4.69, 9.17) is 0 Å². The number of para-hydroxylation sites is 1. The van der Waals surface area contributed by atoms with Crippen LogP contribution >= 0.6 is 22.7 Å². The van der Waals surface area contributed by atoms with Gasteiger partial charge in [0.2, 0.25) is 0 Å². The monoisotopic (exact) mass is 659 g/mol. The Bertz CT molecular complexity index is 2850. The number of nitrogens with zero attached hydrogens (tertiary/aromatic N) is 1. The average Bonchev–Trinajstić information content (AvgIpc) is 3.74. The fourth-order valence-corrected chi connectivity index (χ4v) is 9.66. The number of fused-ring (bicyclic) bond motifs is 7. The third-order valence-electron chi connectivity index (χ3n) is 9.66. The topological polar surface area (TPSA) is 3.24 Å². The van der Waals surface area contributed by atoms with Gasteiger partial charge in [-0.1, -0.05) is 121 Å². The second kappa shape index (κ2) is 11.5. The Balaban J connectivity index is 1.23. The van der Waals surface area contributed by atoms with E-state index in [0.717, 1.165) is 11.4 Å². The van der Waals surface area contributed by atoms with Crippen molar-refractivity contribution in [2.45, 2.75) is 0 Å². The van der Waals surface area contributed by atoms with Crippen molar-refractivity contribution in [1.82, 2.24) is 0 Å². The van der Waals surface area contributed by atoms with Gasteiger partial charge in [-0.15, -0.1) is 22.7 Å². The zero-order valence-electron chi connectivity index (χ0n) is 26.5. The number of thiophene rings is 2. The Labute approximate surface area is 292 Å². The number of hydrogen-bond acceptors (Lipinski definition) is 3. The van der Waals surface area contributed by atoms with E-state index in [9.17, 15) is 0 Å². The van der Waals surface area contributed by atoms with Crippen molar-refractivity contribution in [3.63, 3.8) is 0 Å². The van der Waals surface area contributed by atoms with Crippen LogP contribution in [0.2, 0.25) is 0 Å². The molecule has 0 saturated heterocycles. The predicted octanol–water partition coefficient (Wildman–Crippen LogP) is 14.4. The van der Waals surface area contributed by atoms with Crippen LogP contribution in [-0.2, 0) is 0 Å². The molecule has 3 heteroatoms. The van der Waals surface area contributed by atoms with Crippen LogP contribution in [0.1, 0.15) is 0 Å². The van der Waals surface area contributed by atoms with Crippen molar-refractivity contribution in [2.24, 2.45) is 0 Å². The summed E-state index contributed by atoms with van der Waals surface area (Å²) in [6.45, 7) is 0. The molecule has 10 aromatic rings. The zero-order chi connectivity index (χ0) is 32.3. The van der Waals surface area contributed by atoms with E-state index in [2.05, 4.69) is 181 Å². The molecule has 0 fully saturated rings. The molecule has 10 rings (SSSR count). The highest BCUT2D eigenvalue weighted by Gasteiger charge is 2.22. The van der Waals surface area contributed by atoms with E-state index in [-0.39, 0.29) is 0 Å². The molecule has 0 aliphatic rings. The van der Waals surface area contributed by atoms with Gasteiger partial charge in [0.05, 0.1) is 11.4 Å². The van der Waals surface area contributed by atoms with Gasteiger partial charge in [-0.3, -0.25) is 0 Å². The predicted molar refractivity (Wildman–Crippen MR) is 215 cm³/mol. The molecule has 0 unspecified atom stereocenters. The fourth-order valence-electron chi connectivity index (χ4n) is 7.45. The lowest BCUT2D eigenvalue weighted by atomic mass is 9.94. The maximum atomic E-state index is 2.49. The summed E-state index contributed by atoms with van der Waals surface area (Å²) in [5.74, 6) is 0. The van der Waals surface area contributed by atoms with Gasteiger partial charge in [-0.25, -0.2) is 0 Å². The Morgan fingerprint density at radius 3 is 1.82 bits per heavy atom. The minimum Gasteiger partial charge on any atom is -0.309 e. The lowest BCUT2D eigenvalue weighted by Gasteiger charge is -2.29. The van der Waals surface area contributed by atoms with Crippen LogP contribution in [0, 0.1) is 0 Å². The third kappa shape index (κ3) is 4.66. The summed E-state index contributed by atoms with van der Waals surface area (Å²) in [6, 6.07) is 64.5. The Morgan fingerprint density at radius 2 is 0.918 bits per heavy atom. The molecule has 8 aromatic carbocycles. The van der Waals surface area contributed by atoms with E-state index >= 15 is 0 Å². The molecule has 0 atom stereocenters. The maximum Gasteiger partial charge on any atom is 0.0555 e. The third-order valence-corrected chi connectivity index (χ3v) is 11.9. The van der Waals surface area contributed by atoms with Crippen molar-refractivity contribution in [1.29, 1.82) is 0 Å². The summed E-state index contributed by atoms with van der Waals surface area (Å²) in [6.07, 6.45) is 0. The van der Waals surface area contributed by atoms with Crippen LogP contribution in [0.15, 0.2) is 176 Å². The molecule has 49 heavy (non-hydrogen) atoms. The Morgan fingerprint density at radius 1 is 0.347 bits per heavy atom. The first-order chi connectivity index (χ1) is 24.3. The summed E-state index contributed by atoms with van der Waals surface area (Å²) in [5, 5.41) is 7.70. The van der Waals surface area contributed by atoms with Crippen molar-refractivity contribution in [3.8, 4) is 22.3 Å². The summed E-state index contributed by atoms with van der Waals surface area (Å²) in [5.41, 5.74) is 8.33. The van der Waals surface area contributed by atoms with E-state index in [0.29, 0.717) is 0 Å². The minimum absolute atomic E-state index is 1.15. The fraction of sp³-hybridized carbons (Fsp3) is 0. The highest BCUT2D eigenvalue weighted by Crippen LogP contribution is 2.48. The highest BCUT2D eigenvalue weighted by molar-refractivity contribution is 7.26. The molecule has 0 aliphatic heterocycles. The Kier molecular flexibility index (Phi) is 6.61. The van der Waals surface area contributed by atoms with Crippen molar-refractivity contribution in [3.05, 3.63) is 176 Å². The van der Waals surface area contributed by atoms with Crippen molar-refractivity contribution < 1.29 is 0 Å². The van der Waals surface area contributed by atoms with E-state index in [1.54, 1.807) is 0 Å². The molecule has 0 aliphatic carbocycles. The van der Waals surface area contributed by atoms with E-state index in [1.807, 2.05) is 22.7 Å². The van der Waals surface area contributed by atoms with Crippen LogP contribution in [0.4, 0.5) is 17.1 Å². The number of anilines is 3. The summed E-state index contributed by atoms with van der Waals surface area (Å²) in [4.78, 5) is 2.49. The molecule has 1 nitrogen and oxygen atoms in total. The summed E-state index contributed by atoms with van der Waals surface area (Å²) < 4.78 is 5.22.